The number of carboxylic acid groups (broad SMARTS) is 3. The molecule has 15 nitrogen and oxygen atoms in total. The second-order valence-electron chi connectivity index (χ2n) is 11.1. The Balaban J connectivity index is 0.000000360. The van der Waals surface area contributed by atoms with Gasteiger partial charge < -0.3 is 39.5 Å². The van der Waals surface area contributed by atoms with Gasteiger partial charge in [0.05, 0.1) is 39.9 Å². The predicted octanol–water partition coefficient (Wildman–Crippen LogP) is 1.92. The number of hydrogen-bond donors (Lipinski definition) is 5. The van der Waals surface area contributed by atoms with Crippen LogP contribution in [0.15, 0.2) is 23.0 Å². The first-order valence-corrected chi connectivity index (χ1v) is 14.7. The summed E-state index contributed by atoms with van der Waals surface area (Å²) >= 11 is 0. The lowest BCUT2D eigenvalue weighted by Crippen LogP contribution is -2.42. The fourth-order valence-corrected chi connectivity index (χ4v) is 5.57. The number of piperidine rings is 2. The normalized spacial score (nSPS) is 17.1. The van der Waals surface area contributed by atoms with Crippen LogP contribution in [-0.2, 0) is 20.9 Å². The second-order valence-corrected chi connectivity index (χ2v) is 11.1. The number of aliphatic hydroxyl groups is 1. The van der Waals surface area contributed by atoms with E-state index in [1.165, 1.54) is 6.42 Å². The Labute approximate surface area is 260 Å². The summed E-state index contributed by atoms with van der Waals surface area (Å²) in [7, 11) is 4.88. The highest BCUT2D eigenvalue weighted by atomic mass is 16.5. The predicted molar refractivity (Wildman–Crippen MR) is 161 cm³/mol. The lowest BCUT2D eigenvalue weighted by molar-refractivity contribution is -0.170. The average Bonchev–Trinajstić information content (AvgIpc) is 3.00. The van der Waals surface area contributed by atoms with E-state index in [9.17, 15) is 19.2 Å². The van der Waals surface area contributed by atoms with Gasteiger partial charge in [-0.15, -0.1) is 0 Å². The Morgan fingerprint density at radius 3 is 2.02 bits per heavy atom. The molecule has 0 amide bonds. The number of anilines is 1. The van der Waals surface area contributed by atoms with Crippen LogP contribution in [0, 0.1) is 0 Å². The number of aromatic nitrogens is 2. The van der Waals surface area contributed by atoms with Gasteiger partial charge in [-0.3, -0.25) is 24.3 Å². The molecular weight excluding hydrogens is 592 g/mol. The molecule has 2 saturated heterocycles. The number of nitrogens with zero attached hydrogens (tertiary/aromatic N) is 3. The van der Waals surface area contributed by atoms with E-state index in [1.807, 2.05) is 12.1 Å². The maximum Gasteiger partial charge on any atom is 0.336 e. The van der Waals surface area contributed by atoms with E-state index < -0.39 is 36.4 Å². The average molecular weight is 635 g/mol. The lowest BCUT2D eigenvalue weighted by atomic mass is 9.94. The highest BCUT2D eigenvalue weighted by molar-refractivity contribution is 5.88. The summed E-state index contributed by atoms with van der Waals surface area (Å²) in [5, 5.41) is 33.8. The summed E-state index contributed by atoms with van der Waals surface area (Å²) in [6.07, 6.45) is 3.38. The van der Waals surface area contributed by atoms with Crippen LogP contribution >= 0.6 is 0 Å². The van der Waals surface area contributed by atoms with Crippen LogP contribution in [0.4, 0.5) is 5.95 Å². The number of H-pyrrole nitrogens is 1. The number of methoxy groups -OCH3 is 3. The Morgan fingerprint density at radius 2 is 1.51 bits per heavy atom. The van der Waals surface area contributed by atoms with Crippen molar-refractivity contribution in [1.29, 1.82) is 0 Å². The van der Waals surface area contributed by atoms with E-state index in [0.717, 1.165) is 75.6 Å². The molecule has 2 aromatic rings. The van der Waals surface area contributed by atoms with Crippen LogP contribution in [0.3, 0.4) is 0 Å². The van der Waals surface area contributed by atoms with Crippen LogP contribution in [0.5, 0.6) is 17.2 Å². The van der Waals surface area contributed by atoms with Gasteiger partial charge in [0.2, 0.25) is 11.7 Å². The number of nitrogens with one attached hydrogen (secondary N) is 1. The molecular formula is C30H42N4O11. The molecule has 0 radical (unpaired) electrons. The minimum atomic E-state index is -2.74. The molecule has 3 heterocycles. The third-order valence-electron chi connectivity index (χ3n) is 7.74. The second kappa shape index (κ2) is 16.1. The van der Waals surface area contributed by atoms with Gasteiger partial charge in [0.25, 0.3) is 5.56 Å². The van der Waals surface area contributed by atoms with Gasteiger partial charge in [-0.2, -0.15) is 0 Å². The van der Waals surface area contributed by atoms with Crippen LogP contribution in [0.1, 0.15) is 62.1 Å². The first-order chi connectivity index (χ1) is 21.4. The fraction of sp³-hybridized carbons (Fsp3) is 0.567. The van der Waals surface area contributed by atoms with Gasteiger partial charge >= 0.3 is 17.9 Å². The zero-order valence-corrected chi connectivity index (χ0v) is 25.8. The number of aliphatic carboxylic acids is 3. The maximum absolute atomic E-state index is 12.4. The zero-order chi connectivity index (χ0) is 33.1. The van der Waals surface area contributed by atoms with Crippen molar-refractivity contribution in [2.45, 2.75) is 63.0 Å². The number of likely N-dealkylation sites (tertiary alicyclic amines) is 1. The molecule has 248 valence electrons. The first-order valence-electron chi connectivity index (χ1n) is 14.7. The summed E-state index contributed by atoms with van der Waals surface area (Å²) in [6, 6.07) is 5.69. The minimum Gasteiger partial charge on any atom is -0.493 e. The standard InChI is InChI=1S/C24H34N4O4.C6H8O7/c1-30-20-12-17(13-21(31-2)23(20)32-3)15-27-9-7-8-18(16-27)19-14-22(29)26-24(25-19)28-10-5-4-6-11-28;7-3(8)1-6(13,5(11)12)2-4(9)10/h12-14,18H,4-11,15-16H2,1-3H3,(H,25,26,29);13H,1-2H2,(H,7,8)(H,9,10)(H,11,12). The van der Waals surface area contributed by atoms with Gasteiger partial charge in [-0.25, -0.2) is 9.78 Å². The van der Waals surface area contributed by atoms with E-state index in [-0.39, 0.29) is 11.5 Å². The summed E-state index contributed by atoms with van der Waals surface area (Å²) in [5.41, 5.74) is -0.785. The molecule has 15 heteroatoms. The van der Waals surface area contributed by atoms with Crippen molar-refractivity contribution >= 4 is 23.9 Å². The van der Waals surface area contributed by atoms with Gasteiger partial charge in [-0.05, 0) is 56.3 Å². The number of carboxylic acids is 3. The molecule has 1 atom stereocenters. The van der Waals surface area contributed by atoms with E-state index in [1.54, 1.807) is 27.4 Å². The largest absolute Gasteiger partial charge is 0.493 e. The van der Waals surface area contributed by atoms with E-state index in [0.29, 0.717) is 17.2 Å². The summed E-state index contributed by atoms with van der Waals surface area (Å²) in [6.45, 7) is 4.58. The molecule has 2 aliphatic rings. The first kappa shape index (κ1) is 35.1. The van der Waals surface area contributed by atoms with Crippen molar-refractivity contribution in [3.63, 3.8) is 0 Å². The molecule has 0 aliphatic carbocycles. The molecule has 4 rings (SSSR count). The number of ether oxygens (including phenoxy) is 3. The van der Waals surface area contributed by atoms with Crippen molar-refractivity contribution in [3.8, 4) is 17.2 Å². The van der Waals surface area contributed by atoms with Gasteiger partial charge in [0.1, 0.15) is 0 Å². The molecule has 1 aromatic carbocycles. The zero-order valence-electron chi connectivity index (χ0n) is 25.8. The Morgan fingerprint density at radius 1 is 0.911 bits per heavy atom. The number of aromatic amines is 1. The van der Waals surface area contributed by atoms with Gasteiger partial charge in [0.15, 0.2) is 17.1 Å². The molecule has 0 spiro atoms. The number of hydrogen-bond acceptors (Lipinski definition) is 11. The van der Waals surface area contributed by atoms with Crippen LogP contribution in [-0.4, -0.2) is 106 Å². The van der Waals surface area contributed by atoms with Crippen molar-refractivity contribution in [2.24, 2.45) is 0 Å². The maximum atomic E-state index is 12.4. The van der Waals surface area contributed by atoms with Crippen LogP contribution in [0.25, 0.3) is 0 Å². The highest BCUT2D eigenvalue weighted by Gasteiger charge is 2.40. The number of benzene rings is 1. The van der Waals surface area contributed by atoms with Crippen molar-refractivity contribution in [1.82, 2.24) is 14.9 Å². The molecule has 45 heavy (non-hydrogen) atoms. The van der Waals surface area contributed by atoms with E-state index in [4.69, 9.17) is 39.6 Å². The monoisotopic (exact) mass is 634 g/mol. The Hall–Kier alpha value is -4.37. The SMILES string of the molecule is COc1cc(CN2CCCC(c3cc(=O)[nH]c(N4CCCCC4)n3)C2)cc(OC)c1OC.O=C(O)CC(O)(CC(=O)O)C(=O)O. The van der Waals surface area contributed by atoms with E-state index in [2.05, 4.69) is 14.8 Å². The summed E-state index contributed by atoms with van der Waals surface area (Å²) < 4.78 is 16.5. The van der Waals surface area contributed by atoms with Crippen molar-refractivity contribution in [2.75, 3.05) is 52.4 Å². The summed E-state index contributed by atoms with van der Waals surface area (Å²) in [4.78, 5) is 55.3. The topological polar surface area (TPSA) is 212 Å². The summed E-state index contributed by atoms with van der Waals surface area (Å²) in [5.74, 6) is -2.11. The molecule has 0 saturated carbocycles. The quantitative estimate of drug-likeness (QED) is 0.226. The smallest absolute Gasteiger partial charge is 0.336 e. The molecule has 1 aromatic heterocycles. The molecule has 1 unspecified atom stereocenters. The third-order valence-corrected chi connectivity index (χ3v) is 7.74. The molecule has 2 aliphatic heterocycles. The van der Waals surface area contributed by atoms with Crippen molar-refractivity contribution in [3.05, 3.63) is 39.8 Å². The Kier molecular flexibility index (Phi) is 12.6. The highest BCUT2D eigenvalue weighted by Crippen LogP contribution is 2.39. The Bertz CT molecular complexity index is 1350. The van der Waals surface area contributed by atoms with Gasteiger partial charge in [0, 0.05) is 38.2 Å². The lowest BCUT2D eigenvalue weighted by Gasteiger charge is -2.33. The van der Waals surface area contributed by atoms with Crippen LogP contribution in [0.2, 0.25) is 0 Å². The number of carbonyl (C=O) groups is 3. The van der Waals surface area contributed by atoms with Crippen molar-refractivity contribution < 1.29 is 49.0 Å². The minimum absolute atomic E-state index is 0.0580. The third kappa shape index (κ3) is 9.81. The molecule has 0 bridgehead atoms. The van der Waals surface area contributed by atoms with Gasteiger partial charge in [-0.1, -0.05) is 0 Å². The van der Waals surface area contributed by atoms with Crippen LogP contribution < -0.4 is 24.7 Å². The number of rotatable bonds is 12. The molecule has 5 N–H and O–H groups in total. The van der Waals surface area contributed by atoms with E-state index >= 15 is 0 Å². The molecule has 2 fully saturated rings. The fourth-order valence-electron chi connectivity index (χ4n) is 5.57.